The summed E-state index contributed by atoms with van der Waals surface area (Å²) in [5.74, 6) is 5.96. The molecule has 2 fully saturated rings. The van der Waals surface area contributed by atoms with E-state index >= 15 is 0 Å². The predicted molar refractivity (Wildman–Crippen MR) is 187 cm³/mol. The highest BCUT2D eigenvalue weighted by molar-refractivity contribution is 5.67. The minimum Gasteiger partial charge on any atom is -0.486 e. The molecule has 2 aromatic carbocycles. The molecule has 51 heavy (non-hydrogen) atoms. The van der Waals surface area contributed by atoms with Crippen LogP contribution in [0.2, 0.25) is 0 Å². The molecule has 0 atom stereocenters. The second kappa shape index (κ2) is 13.2. The van der Waals surface area contributed by atoms with Crippen molar-refractivity contribution in [3.63, 3.8) is 0 Å². The molecule has 262 valence electrons. The molecule has 12 nitrogen and oxygen atoms in total. The number of hydrogen-bond acceptors (Lipinski definition) is 10. The molecule has 14 heteroatoms. The van der Waals surface area contributed by atoms with Crippen LogP contribution in [0.3, 0.4) is 0 Å². The largest absolute Gasteiger partial charge is 0.486 e. The van der Waals surface area contributed by atoms with Crippen LogP contribution >= 0.6 is 0 Å². The molecule has 4 aliphatic heterocycles. The third kappa shape index (κ3) is 6.41. The number of imidazole rings is 2. The van der Waals surface area contributed by atoms with Gasteiger partial charge in [0.15, 0.2) is 23.0 Å². The van der Waals surface area contributed by atoms with Crippen LogP contribution in [0.5, 0.6) is 23.0 Å². The Balaban J connectivity index is 0.000000137. The van der Waals surface area contributed by atoms with Gasteiger partial charge in [0.1, 0.15) is 37.2 Å². The number of hydrogen-bond donors (Lipinski definition) is 0. The third-order valence-electron chi connectivity index (χ3n) is 9.63. The number of alkyl halides is 2. The van der Waals surface area contributed by atoms with Crippen molar-refractivity contribution in [1.29, 1.82) is 0 Å². The molecule has 0 bridgehead atoms. The summed E-state index contributed by atoms with van der Waals surface area (Å²) in [6.45, 7) is 4.17. The lowest BCUT2D eigenvalue weighted by Crippen LogP contribution is -2.34. The number of fused-ring (bicyclic) bond motifs is 4. The quantitative estimate of drug-likeness (QED) is 0.213. The lowest BCUT2D eigenvalue weighted by atomic mass is 10.1. The number of aromatic nitrogens is 6. The normalized spacial score (nSPS) is 17.5. The van der Waals surface area contributed by atoms with E-state index in [4.69, 9.17) is 18.9 Å². The number of halogens is 2. The molecule has 0 spiro atoms. The van der Waals surface area contributed by atoms with Gasteiger partial charge in [0.05, 0.1) is 11.4 Å². The molecular formula is C37H36F2N8O4. The number of benzene rings is 2. The van der Waals surface area contributed by atoms with Crippen LogP contribution < -0.4 is 28.7 Å². The van der Waals surface area contributed by atoms with Gasteiger partial charge in [-0.3, -0.25) is 8.80 Å². The summed E-state index contributed by atoms with van der Waals surface area (Å²) in [6, 6.07) is 15.5. The van der Waals surface area contributed by atoms with E-state index in [-0.39, 0.29) is 6.79 Å². The van der Waals surface area contributed by atoms with E-state index in [2.05, 4.69) is 29.7 Å². The van der Waals surface area contributed by atoms with Gasteiger partial charge in [-0.25, -0.2) is 18.7 Å². The van der Waals surface area contributed by atoms with Crippen LogP contribution in [-0.4, -0.2) is 87.3 Å². The zero-order valence-corrected chi connectivity index (χ0v) is 27.8. The summed E-state index contributed by atoms with van der Waals surface area (Å²) in [4.78, 5) is 22.8. The molecule has 0 aliphatic carbocycles. The van der Waals surface area contributed by atoms with Crippen molar-refractivity contribution in [3.05, 3.63) is 73.3 Å². The summed E-state index contributed by atoms with van der Waals surface area (Å²) in [6.07, 6.45) is 8.65. The molecule has 0 saturated carbocycles. The van der Waals surface area contributed by atoms with Crippen LogP contribution in [0.4, 0.5) is 20.4 Å². The van der Waals surface area contributed by atoms with Gasteiger partial charge in [0.2, 0.25) is 18.3 Å². The fourth-order valence-corrected chi connectivity index (χ4v) is 6.77. The van der Waals surface area contributed by atoms with Gasteiger partial charge in [0, 0.05) is 62.1 Å². The number of rotatable bonds is 4. The summed E-state index contributed by atoms with van der Waals surface area (Å²) in [5.41, 5.74) is 3.56. The second-order valence-electron chi connectivity index (χ2n) is 13.0. The highest BCUT2D eigenvalue weighted by Crippen LogP contribution is 2.36. The van der Waals surface area contributed by atoms with E-state index in [0.717, 1.165) is 57.1 Å². The van der Waals surface area contributed by atoms with Gasteiger partial charge in [-0.1, -0.05) is 0 Å². The molecule has 4 aliphatic rings. The van der Waals surface area contributed by atoms with Crippen molar-refractivity contribution in [2.24, 2.45) is 0 Å². The van der Waals surface area contributed by atoms with E-state index in [0.29, 0.717) is 76.6 Å². The first-order valence-corrected chi connectivity index (χ1v) is 17.3. The molecule has 0 N–H and O–H groups in total. The van der Waals surface area contributed by atoms with Crippen molar-refractivity contribution in [1.82, 2.24) is 28.7 Å². The zero-order valence-electron chi connectivity index (χ0n) is 27.8. The van der Waals surface area contributed by atoms with Gasteiger partial charge in [-0.15, -0.1) is 0 Å². The third-order valence-corrected chi connectivity index (χ3v) is 9.63. The molecule has 10 rings (SSSR count). The first kappa shape index (κ1) is 31.3. The van der Waals surface area contributed by atoms with Gasteiger partial charge < -0.3 is 28.7 Å². The Kier molecular flexibility index (Phi) is 8.13. The molecule has 0 radical (unpaired) electrons. The summed E-state index contributed by atoms with van der Waals surface area (Å²) in [7, 11) is 0. The predicted octanol–water partition coefficient (Wildman–Crippen LogP) is 6.17. The van der Waals surface area contributed by atoms with Crippen molar-refractivity contribution in [2.45, 2.75) is 38.0 Å². The first-order chi connectivity index (χ1) is 25.0. The van der Waals surface area contributed by atoms with Crippen molar-refractivity contribution in [3.8, 4) is 45.5 Å². The lowest BCUT2D eigenvalue weighted by Gasteiger charge is -2.29. The molecule has 0 amide bonds. The highest BCUT2D eigenvalue weighted by Gasteiger charge is 2.22. The summed E-state index contributed by atoms with van der Waals surface area (Å²) >= 11 is 0. The van der Waals surface area contributed by atoms with Gasteiger partial charge in [-0.05, 0) is 74.2 Å². The SMILES string of the molecule is FC1CCN(c2ccn3cc(-c4ccc5c(c4)OCCO5)nc3n2)CC1.FC1CCN(c2ccn3cc(-c4ccc5c(c4)OCO5)nc3n2)CC1. The Morgan fingerprint density at radius 2 is 0.980 bits per heavy atom. The Morgan fingerprint density at radius 3 is 1.51 bits per heavy atom. The minimum atomic E-state index is -0.691. The fourth-order valence-electron chi connectivity index (χ4n) is 6.77. The Hall–Kier alpha value is -5.66. The minimum absolute atomic E-state index is 0.254. The molecule has 2 saturated heterocycles. The molecule has 4 aromatic heterocycles. The van der Waals surface area contributed by atoms with E-state index in [9.17, 15) is 8.78 Å². The Labute approximate surface area is 292 Å². The fraction of sp³-hybridized carbons (Fsp3) is 0.351. The second-order valence-corrected chi connectivity index (χ2v) is 13.0. The molecule has 8 heterocycles. The Bertz CT molecular complexity index is 2190. The standard InChI is InChI=1S/C19H19FN4O2.C18H17FN4O2/c20-14-3-6-23(7-4-14)18-5-8-24-12-15(21-19(24)22-18)13-1-2-16-17(11-13)26-10-9-25-16;19-13-3-6-22(7-4-13)17-5-8-23-10-14(20-18(23)21-17)12-1-2-15-16(9-12)25-11-24-15/h1-2,5,8,11-12,14H,3-4,6-7,9-10H2;1-2,5,8-10,13H,3-4,6-7,11H2. The van der Waals surface area contributed by atoms with Gasteiger partial charge in [0.25, 0.3) is 0 Å². The average molecular weight is 695 g/mol. The topological polar surface area (TPSA) is 104 Å². The maximum absolute atomic E-state index is 13.4. The summed E-state index contributed by atoms with van der Waals surface area (Å²) in [5, 5.41) is 0. The number of piperidine rings is 2. The highest BCUT2D eigenvalue weighted by atomic mass is 19.1. The van der Waals surface area contributed by atoms with E-state index in [1.165, 1.54) is 0 Å². The number of anilines is 2. The van der Waals surface area contributed by atoms with Gasteiger partial charge in [-0.2, -0.15) is 9.97 Å². The van der Waals surface area contributed by atoms with Crippen molar-refractivity contribution in [2.75, 3.05) is 56.0 Å². The van der Waals surface area contributed by atoms with Crippen LogP contribution in [0.1, 0.15) is 25.7 Å². The number of ether oxygens (including phenoxy) is 4. The molecule has 6 aromatic rings. The van der Waals surface area contributed by atoms with E-state index < -0.39 is 12.3 Å². The smallest absolute Gasteiger partial charge is 0.236 e. The Morgan fingerprint density at radius 1 is 0.529 bits per heavy atom. The number of nitrogens with zero attached hydrogens (tertiary/aromatic N) is 8. The molecule has 0 unspecified atom stereocenters. The van der Waals surface area contributed by atoms with Crippen LogP contribution in [0.25, 0.3) is 34.1 Å². The molecular weight excluding hydrogens is 658 g/mol. The summed E-state index contributed by atoms with van der Waals surface area (Å²) < 4.78 is 52.5. The first-order valence-electron chi connectivity index (χ1n) is 17.3. The average Bonchev–Trinajstić information content (AvgIpc) is 3.93. The zero-order chi connectivity index (χ0) is 34.3. The lowest BCUT2D eigenvalue weighted by molar-refractivity contribution is 0.171. The van der Waals surface area contributed by atoms with Gasteiger partial charge >= 0.3 is 0 Å². The van der Waals surface area contributed by atoms with Crippen LogP contribution in [-0.2, 0) is 0 Å². The van der Waals surface area contributed by atoms with Crippen molar-refractivity contribution < 1.29 is 27.7 Å². The monoisotopic (exact) mass is 694 g/mol. The maximum Gasteiger partial charge on any atom is 0.236 e. The van der Waals surface area contributed by atoms with E-state index in [1.807, 2.05) is 82.1 Å². The van der Waals surface area contributed by atoms with Crippen LogP contribution in [0.15, 0.2) is 73.3 Å². The van der Waals surface area contributed by atoms with E-state index in [1.54, 1.807) is 0 Å². The maximum atomic E-state index is 13.4. The van der Waals surface area contributed by atoms with Crippen LogP contribution in [0, 0.1) is 0 Å². The van der Waals surface area contributed by atoms with Crippen molar-refractivity contribution >= 4 is 23.2 Å².